The van der Waals surface area contributed by atoms with E-state index < -0.39 is 0 Å². The molecule has 0 saturated heterocycles. The third kappa shape index (κ3) is 2.67. The Morgan fingerprint density at radius 1 is 1.29 bits per heavy atom. The molecule has 2 amide bonds. The van der Waals surface area contributed by atoms with Gasteiger partial charge in [-0.2, -0.15) is 0 Å². The van der Waals surface area contributed by atoms with Crippen molar-refractivity contribution in [2.75, 3.05) is 16.8 Å². The molecule has 0 unspecified atom stereocenters. The summed E-state index contributed by atoms with van der Waals surface area (Å²) in [6.07, 6.45) is 3.30. The summed E-state index contributed by atoms with van der Waals surface area (Å²) >= 11 is 0. The Hall–Kier alpha value is -2.56. The molecule has 0 aliphatic carbocycles. The number of furan rings is 1. The molecular weight excluding hydrogens is 268 g/mol. The number of anilines is 2. The topological polar surface area (TPSA) is 62.6 Å². The number of benzene rings is 1. The minimum atomic E-state index is -0.279. The van der Waals surface area contributed by atoms with Gasteiger partial charge in [0.2, 0.25) is 5.91 Å². The van der Waals surface area contributed by atoms with Crippen LogP contribution in [0.3, 0.4) is 0 Å². The standard InChI is InChI=1S/C16H16N2O3/c1-11(19)18-8-2-4-12-10-13(6-7-14(12)18)17-16(20)15-5-3-9-21-15/h3,5-7,9-10H,2,4,8H2,1H3,(H,17,20). The third-order valence-corrected chi connectivity index (χ3v) is 3.58. The summed E-state index contributed by atoms with van der Waals surface area (Å²) in [4.78, 5) is 25.3. The van der Waals surface area contributed by atoms with Crippen LogP contribution < -0.4 is 10.2 Å². The van der Waals surface area contributed by atoms with Crippen LogP contribution in [0.15, 0.2) is 41.0 Å². The summed E-state index contributed by atoms with van der Waals surface area (Å²) in [6.45, 7) is 2.32. The third-order valence-electron chi connectivity index (χ3n) is 3.58. The van der Waals surface area contributed by atoms with E-state index in [4.69, 9.17) is 4.42 Å². The SMILES string of the molecule is CC(=O)N1CCCc2cc(NC(=O)c3ccco3)ccc21. The number of hydrogen-bond acceptors (Lipinski definition) is 3. The Bertz CT molecular complexity index is 677. The maximum atomic E-state index is 11.9. The molecule has 2 aromatic rings. The zero-order chi connectivity index (χ0) is 14.8. The highest BCUT2D eigenvalue weighted by Gasteiger charge is 2.20. The van der Waals surface area contributed by atoms with Gasteiger partial charge in [0.25, 0.3) is 5.91 Å². The van der Waals surface area contributed by atoms with Crippen molar-refractivity contribution in [1.82, 2.24) is 0 Å². The number of carbonyl (C=O) groups is 2. The lowest BCUT2D eigenvalue weighted by molar-refractivity contribution is -0.116. The molecule has 1 aromatic heterocycles. The number of nitrogens with zero attached hydrogens (tertiary/aromatic N) is 1. The zero-order valence-electron chi connectivity index (χ0n) is 11.8. The second-order valence-electron chi connectivity index (χ2n) is 5.05. The number of fused-ring (bicyclic) bond motifs is 1. The first-order chi connectivity index (χ1) is 10.1. The van der Waals surface area contributed by atoms with Gasteiger partial charge in [-0.3, -0.25) is 9.59 Å². The molecule has 0 fully saturated rings. The van der Waals surface area contributed by atoms with Crippen LogP contribution in [-0.4, -0.2) is 18.4 Å². The average Bonchev–Trinajstić information content (AvgIpc) is 3.00. The minimum absolute atomic E-state index is 0.0447. The van der Waals surface area contributed by atoms with Gasteiger partial charge in [-0.1, -0.05) is 0 Å². The van der Waals surface area contributed by atoms with Crippen molar-refractivity contribution in [3.8, 4) is 0 Å². The van der Waals surface area contributed by atoms with E-state index in [1.54, 1.807) is 30.0 Å². The van der Waals surface area contributed by atoms with Gasteiger partial charge in [0.1, 0.15) is 0 Å². The number of carbonyl (C=O) groups excluding carboxylic acids is 2. The van der Waals surface area contributed by atoms with Crippen molar-refractivity contribution in [2.24, 2.45) is 0 Å². The van der Waals surface area contributed by atoms with E-state index in [-0.39, 0.29) is 17.6 Å². The van der Waals surface area contributed by atoms with Gasteiger partial charge in [0, 0.05) is 24.8 Å². The molecule has 0 radical (unpaired) electrons. The van der Waals surface area contributed by atoms with Crippen molar-refractivity contribution in [3.63, 3.8) is 0 Å². The van der Waals surface area contributed by atoms with Crippen molar-refractivity contribution >= 4 is 23.2 Å². The van der Waals surface area contributed by atoms with Gasteiger partial charge in [0.15, 0.2) is 5.76 Å². The summed E-state index contributed by atoms with van der Waals surface area (Å²) < 4.78 is 5.06. The molecule has 0 saturated carbocycles. The lowest BCUT2D eigenvalue weighted by atomic mass is 10.0. The Morgan fingerprint density at radius 2 is 2.14 bits per heavy atom. The van der Waals surface area contributed by atoms with Gasteiger partial charge in [-0.05, 0) is 48.7 Å². The van der Waals surface area contributed by atoms with Crippen molar-refractivity contribution in [3.05, 3.63) is 47.9 Å². The van der Waals surface area contributed by atoms with E-state index in [0.29, 0.717) is 5.69 Å². The predicted molar refractivity (Wildman–Crippen MR) is 79.5 cm³/mol. The lowest BCUT2D eigenvalue weighted by Gasteiger charge is -2.28. The molecule has 3 rings (SSSR count). The summed E-state index contributed by atoms with van der Waals surface area (Å²) in [5, 5.41) is 2.80. The summed E-state index contributed by atoms with van der Waals surface area (Å²) in [5.41, 5.74) is 2.72. The van der Waals surface area contributed by atoms with Crippen LogP contribution in [0.4, 0.5) is 11.4 Å². The van der Waals surface area contributed by atoms with Gasteiger partial charge in [-0.15, -0.1) is 0 Å². The van der Waals surface area contributed by atoms with E-state index in [1.807, 2.05) is 12.1 Å². The molecule has 0 bridgehead atoms. The van der Waals surface area contributed by atoms with Crippen LogP contribution in [-0.2, 0) is 11.2 Å². The van der Waals surface area contributed by atoms with E-state index in [2.05, 4.69) is 5.32 Å². The van der Waals surface area contributed by atoms with Crippen molar-refractivity contribution in [2.45, 2.75) is 19.8 Å². The maximum absolute atomic E-state index is 11.9. The normalized spacial score (nSPS) is 13.7. The van der Waals surface area contributed by atoms with E-state index in [1.165, 1.54) is 6.26 Å². The average molecular weight is 284 g/mol. The van der Waals surface area contributed by atoms with Gasteiger partial charge < -0.3 is 14.6 Å². The van der Waals surface area contributed by atoms with Gasteiger partial charge in [-0.25, -0.2) is 0 Å². The first-order valence-electron chi connectivity index (χ1n) is 6.91. The summed E-state index contributed by atoms with van der Waals surface area (Å²) in [5.74, 6) is 0.0422. The maximum Gasteiger partial charge on any atom is 0.291 e. The van der Waals surface area contributed by atoms with E-state index >= 15 is 0 Å². The highest BCUT2D eigenvalue weighted by molar-refractivity contribution is 6.02. The summed E-state index contributed by atoms with van der Waals surface area (Å²) in [6, 6.07) is 8.90. The quantitative estimate of drug-likeness (QED) is 0.922. The van der Waals surface area contributed by atoms with Gasteiger partial charge >= 0.3 is 0 Å². The van der Waals surface area contributed by atoms with Crippen LogP contribution >= 0.6 is 0 Å². The fourth-order valence-electron chi connectivity index (χ4n) is 2.60. The Kier molecular flexibility index (Phi) is 3.48. The van der Waals surface area contributed by atoms with Crippen LogP contribution in [0, 0.1) is 0 Å². The highest BCUT2D eigenvalue weighted by atomic mass is 16.3. The molecule has 2 heterocycles. The van der Waals surface area contributed by atoms with Crippen LogP contribution in [0.1, 0.15) is 29.5 Å². The molecule has 0 atom stereocenters. The molecular formula is C16H16N2O3. The molecule has 108 valence electrons. The largest absolute Gasteiger partial charge is 0.459 e. The number of hydrogen-bond donors (Lipinski definition) is 1. The second kappa shape index (κ2) is 5.44. The van der Waals surface area contributed by atoms with E-state index in [0.717, 1.165) is 30.6 Å². The zero-order valence-corrected chi connectivity index (χ0v) is 11.8. The Balaban J connectivity index is 1.83. The van der Waals surface area contributed by atoms with Crippen molar-refractivity contribution in [1.29, 1.82) is 0 Å². The molecule has 1 aromatic carbocycles. The Labute approximate surface area is 122 Å². The van der Waals surface area contributed by atoms with Crippen LogP contribution in [0.25, 0.3) is 0 Å². The molecule has 21 heavy (non-hydrogen) atoms. The number of nitrogens with one attached hydrogen (secondary N) is 1. The molecule has 1 aliphatic rings. The fraction of sp³-hybridized carbons (Fsp3) is 0.250. The molecule has 5 heteroatoms. The monoisotopic (exact) mass is 284 g/mol. The number of aryl methyl sites for hydroxylation is 1. The predicted octanol–water partition coefficient (Wildman–Crippen LogP) is 2.83. The minimum Gasteiger partial charge on any atom is -0.459 e. The smallest absolute Gasteiger partial charge is 0.291 e. The second-order valence-corrected chi connectivity index (χ2v) is 5.05. The van der Waals surface area contributed by atoms with Crippen LogP contribution in [0.5, 0.6) is 0 Å². The van der Waals surface area contributed by atoms with Crippen molar-refractivity contribution < 1.29 is 14.0 Å². The number of rotatable bonds is 2. The lowest BCUT2D eigenvalue weighted by Crippen LogP contribution is -2.33. The first kappa shape index (κ1) is 13.4. The fourth-order valence-corrected chi connectivity index (χ4v) is 2.60. The van der Waals surface area contributed by atoms with E-state index in [9.17, 15) is 9.59 Å². The summed E-state index contributed by atoms with van der Waals surface area (Å²) in [7, 11) is 0. The Morgan fingerprint density at radius 3 is 2.86 bits per heavy atom. The number of amides is 2. The first-order valence-corrected chi connectivity index (χ1v) is 6.91. The van der Waals surface area contributed by atoms with Gasteiger partial charge in [0.05, 0.1) is 6.26 Å². The molecule has 0 spiro atoms. The van der Waals surface area contributed by atoms with Crippen LogP contribution in [0.2, 0.25) is 0 Å². The molecule has 5 nitrogen and oxygen atoms in total. The highest BCUT2D eigenvalue weighted by Crippen LogP contribution is 2.29. The molecule has 1 aliphatic heterocycles. The molecule has 1 N–H and O–H groups in total.